The number of hydrogen-bond acceptors (Lipinski definition) is 5. The Morgan fingerprint density at radius 2 is 2.16 bits per heavy atom. The molecule has 1 atom stereocenters. The highest BCUT2D eigenvalue weighted by molar-refractivity contribution is 8.14. The minimum atomic E-state index is -0.540. The summed E-state index contributed by atoms with van der Waals surface area (Å²) in [5.41, 5.74) is 0.634. The van der Waals surface area contributed by atoms with E-state index in [1.807, 2.05) is 18.2 Å². The molecule has 19 heavy (non-hydrogen) atoms. The average molecular weight is 278 g/mol. The van der Waals surface area contributed by atoms with Crippen LogP contribution in [0.3, 0.4) is 0 Å². The van der Waals surface area contributed by atoms with Gasteiger partial charge in [-0.05, 0) is 6.92 Å². The van der Waals surface area contributed by atoms with Crippen molar-refractivity contribution in [3.63, 3.8) is 0 Å². The Hall–Kier alpha value is -1.82. The van der Waals surface area contributed by atoms with E-state index in [0.717, 1.165) is 0 Å². The summed E-state index contributed by atoms with van der Waals surface area (Å²) >= 11 is 1.34. The molecule has 0 fully saturated rings. The third-order valence-corrected chi connectivity index (χ3v) is 3.46. The molecule has 1 aliphatic heterocycles. The molecule has 1 aromatic rings. The molecule has 0 spiro atoms. The van der Waals surface area contributed by atoms with Crippen LogP contribution in [0.15, 0.2) is 35.3 Å². The molecule has 1 N–H and O–H groups in total. The molecule has 1 amide bonds. The van der Waals surface area contributed by atoms with E-state index in [4.69, 9.17) is 4.74 Å². The quantitative estimate of drug-likeness (QED) is 0.860. The van der Waals surface area contributed by atoms with Gasteiger partial charge in [0.1, 0.15) is 6.04 Å². The second-order valence-electron chi connectivity index (χ2n) is 3.84. The number of amidine groups is 1. The number of rotatable bonds is 3. The van der Waals surface area contributed by atoms with Crippen molar-refractivity contribution in [3.05, 3.63) is 35.9 Å². The number of Topliss-reactive ketones (excluding diaryl/α,β-unsaturated/α-hetero) is 1. The Morgan fingerprint density at radius 1 is 1.42 bits per heavy atom. The van der Waals surface area contributed by atoms with Crippen LogP contribution in [0.5, 0.6) is 0 Å². The number of nitrogens with one attached hydrogen (secondary N) is 1. The predicted octanol–water partition coefficient (Wildman–Crippen LogP) is 2.09. The van der Waals surface area contributed by atoms with E-state index >= 15 is 0 Å². The highest BCUT2D eigenvalue weighted by Gasteiger charge is 2.26. The number of hydrogen-bond donors (Lipinski definition) is 1. The maximum Gasteiger partial charge on any atom is 0.413 e. The minimum Gasteiger partial charge on any atom is -0.450 e. The molecule has 2 rings (SSSR count). The Kier molecular flexibility index (Phi) is 4.57. The minimum absolute atomic E-state index is 0.0336. The lowest BCUT2D eigenvalue weighted by Crippen LogP contribution is -2.28. The number of thioether (sulfide) groups is 1. The number of benzene rings is 1. The van der Waals surface area contributed by atoms with Crippen molar-refractivity contribution in [2.75, 3.05) is 12.4 Å². The van der Waals surface area contributed by atoms with Gasteiger partial charge in [0, 0.05) is 11.3 Å². The summed E-state index contributed by atoms with van der Waals surface area (Å²) in [7, 11) is 0. The molecule has 0 aromatic heterocycles. The molecule has 1 aromatic carbocycles. The molecular formula is C13H14N2O3S. The average Bonchev–Trinajstić information content (AvgIpc) is 2.87. The molecule has 6 heteroatoms. The smallest absolute Gasteiger partial charge is 0.413 e. The molecule has 100 valence electrons. The molecule has 5 nitrogen and oxygen atoms in total. The van der Waals surface area contributed by atoms with Gasteiger partial charge in [0.15, 0.2) is 11.0 Å². The lowest BCUT2D eigenvalue weighted by atomic mass is 10.1. The maximum absolute atomic E-state index is 12.1. The van der Waals surface area contributed by atoms with E-state index in [0.29, 0.717) is 23.1 Å². The van der Waals surface area contributed by atoms with Gasteiger partial charge in [-0.25, -0.2) is 9.79 Å². The van der Waals surface area contributed by atoms with E-state index in [-0.39, 0.29) is 5.78 Å². The lowest BCUT2D eigenvalue weighted by molar-refractivity contribution is 0.0971. The predicted molar refractivity (Wildman–Crippen MR) is 74.6 cm³/mol. The van der Waals surface area contributed by atoms with E-state index in [1.165, 1.54) is 11.8 Å². The maximum atomic E-state index is 12.1. The van der Waals surface area contributed by atoms with Crippen molar-refractivity contribution >= 4 is 28.8 Å². The van der Waals surface area contributed by atoms with Gasteiger partial charge in [0.2, 0.25) is 0 Å². The number of carbonyl (C=O) groups is 2. The Bertz CT molecular complexity index is 502. The van der Waals surface area contributed by atoms with Crippen LogP contribution < -0.4 is 5.32 Å². The summed E-state index contributed by atoms with van der Waals surface area (Å²) in [6, 6.07) is 8.58. The molecule has 1 aliphatic rings. The third-order valence-electron chi connectivity index (χ3n) is 2.50. The second kappa shape index (κ2) is 6.38. The van der Waals surface area contributed by atoms with Gasteiger partial charge in [-0.1, -0.05) is 42.1 Å². The normalized spacial score (nSPS) is 17.7. The fraction of sp³-hybridized carbons (Fsp3) is 0.308. The third kappa shape index (κ3) is 3.57. The van der Waals surface area contributed by atoms with Crippen LogP contribution in [0.4, 0.5) is 4.79 Å². The van der Waals surface area contributed by atoms with Crippen LogP contribution in [0.2, 0.25) is 0 Å². The monoisotopic (exact) mass is 278 g/mol. The summed E-state index contributed by atoms with van der Waals surface area (Å²) in [4.78, 5) is 27.6. The first-order chi connectivity index (χ1) is 9.20. The molecule has 0 aliphatic carbocycles. The van der Waals surface area contributed by atoms with Gasteiger partial charge in [0.05, 0.1) is 6.61 Å². The largest absolute Gasteiger partial charge is 0.450 e. The number of amides is 1. The number of ketones is 1. The van der Waals surface area contributed by atoms with Crippen LogP contribution in [-0.4, -0.2) is 35.4 Å². The molecule has 0 saturated heterocycles. The molecule has 0 saturated carbocycles. The molecule has 1 unspecified atom stereocenters. The van der Waals surface area contributed by atoms with Gasteiger partial charge < -0.3 is 4.74 Å². The molecule has 0 radical (unpaired) electrons. The Morgan fingerprint density at radius 3 is 2.84 bits per heavy atom. The van der Waals surface area contributed by atoms with Crippen LogP contribution >= 0.6 is 11.8 Å². The summed E-state index contributed by atoms with van der Waals surface area (Å²) in [5.74, 6) is 0.504. The summed E-state index contributed by atoms with van der Waals surface area (Å²) in [5, 5.41) is 2.95. The summed E-state index contributed by atoms with van der Waals surface area (Å²) in [6.45, 7) is 2.03. The van der Waals surface area contributed by atoms with Crippen molar-refractivity contribution in [1.82, 2.24) is 5.32 Å². The number of aliphatic imine (C=N–C) groups is 1. The van der Waals surface area contributed by atoms with Gasteiger partial charge in [-0.3, -0.25) is 10.1 Å². The number of ether oxygens (including phenoxy) is 1. The van der Waals surface area contributed by atoms with E-state index in [9.17, 15) is 9.59 Å². The zero-order valence-corrected chi connectivity index (χ0v) is 11.3. The first kappa shape index (κ1) is 13.6. The zero-order chi connectivity index (χ0) is 13.7. The highest BCUT2D eigenvalue weighted by atomic mass is 32.2. The van der Waals surface area contributed by atoms with Gasteiger partial charge in [-0.15, -0.1) is 0 Å². The van der Waals surface area contributed by atoms with Gasteiger partial charge >= 0.3 is 6.09 Å². The number of nitrogens with zero attached hydrogens (tertiary/aromatic N) is 1. The van der Waals surface area contributed by atoms with Crippen LogP contribution in [-0.2, 0) is 4.74 Å². The first-order valence-electron chi connectivity index (χ1n) is 5.94. The molecule has 1 heterocycles. The molecular weight excluding hydrogens is 264 g/mol. The molecule has 0 bridgehead atoms. The summed E-state index contributed by atoms with van der Waals surface area (Å²) in [6.07, 6.45) is -0.540. The SMILES string of the molecule is CCOC(=O)NC1=NC(C(=O)c2ccccc2)CS1. The van der Waals surface area contributed by atoms with Crippen molar-refractivity contribution < 1.29 is 14.3 Å². The lowest BCUT2D eigenvalue weighted by Gasteiger charge is -2.04. The number of carbonyl (C=O) groups excluding carboxylic acids is 2. The van der Waals surface area contributed by atoms with E-state index < -0.39 is 12.1 Å². The Labute approximate surface area is 115 Å². The zero-order valence-electron chi connectivity index (χ0n) is 10.5. The Balaban J connectivity index is 1.99. The van der Waals surface area contributed by atoms with Crippen LogP contribution in [0.1, 0.15) is 17.3 Å². The van der Waals surface area contributed by atoms with Crippen LogP contribution in [0, 0.1) is 0 Å². The second-order valence-corrected chi connectivity index (χ2v) is 4.85. The first-order valence-corrected chi connectivity index (χ1v) is 6.93. The summed E-state index contributed by atoms with van der Waals surface area (Å²) < 4.78 is 4.76. The van der Waals surface area contributed by atoms with Gasteiger partial charge in [0.25, 0.3) is 0 Å². The van der Waals surface area contributed by atoms with Gasteiger partial charge in [-0.2, -0.15) is 0 Å². The fourth-order valence-electron chi connectivity index (χ4n) is 1.63. The fourth-order valence-corrected chi connectivity index (χ4v) is 2.52. The van der Waals surface area contributed by atoms with Crippen molar-refractivity contribution in [3.8, 4) is 0 Å². The van der Waals surface area contributed by atoms with Crippen LogP contribution in [0.25, 0.3) is 0 Å². The number of alkyl carbamates (subject to hydrolysis) is 1. The van der Waals surface area contributed by atoms with Crippen molar-refractivity contribution in [2.24, 2.45) is 4.99 Å². The van der Waals surface area contributed by atoms with E-state index in [2.05, 4.69) is 10.3 Å². The topological polar surface area (TPSA) is 67.8 Å². The van der Waals surface area contributed by atoms with Crippen molar-refractivity contribution in [1.29, 1.82) is 0 Å². The standard InChI is InChI=1S/C13H14N2O3S/c1-2-18-13(17)15-12-14-10(8-19-12)11(16)9-6-4-3-5-7-9/h3-7,10H,2,8H2,1H3,(H,14,15,17). The highest BCUT2D eigenvalue weighted by Crippen LogP contribution is 2.20. The van der Waals surface area contributed by atoms with Crippen molar-refractivity contribution in [2.45, 2.75) is 13.0 Å². The van der Waals surface area contributed by atoms with E-state index in [1.54, 1.807) is 19.1 Å².